The molecule has 0 atom stereocenters. The molecular formula is C23H26F3N3O4S2. The van der Waals surface area contributed by atoms with E-state index in [0.717, 1.165) is 17.6 Å². The zero-order valence-corrected chi connectivity index (χ0v) is 20.8. The molecule has 0 aliphatic carbocycles. The fraction of sp³-hybridized carbons (Fsp3) is 0.435. The third-order valence-electron chi connectivity index (χ3n) is 5.58. The number of rotatable bonds is 10. The van der Waals surface area contributed by atoms with Gasteiger partial charge in [-0.1, -0.05) is 11.8 Å². The molecule has 1 aliphatic rings. The van der Waals surface area contributed by atoms with Crippen molar-refractivity contribution in [1.82, 2.24) is 13.9 Å². The highest BCUT2D eigenvalue weighted by atomic mass is 32.2. The van der Waals surface area contributed by atoms with Crippen molar-refractivity contribution in [3.05, 3.63) is 53.3 Å². The number of aromatic nitrogens is 2. The summed E-state index contributed by atoms with van der Waals surface area (Å²) in [5.74, 6) is -3.84. The first-order valence-corrected chi connectivity index (χ1v) is 13.7. The van der Waals surface area contributed by atoms with Crippen LogP contribution < -0.4 is 0 Å². The first-order chi connectivity index (χ1) is 16.8. The lowest BCUT2D eigenvalue weighted by molar-refractivity contribution is 0.0730. The van der Waals surface area contributed by atoms with E-state index in [-0.39, 0.29) is 29.3 Å². The Hall–Kier alpha value is -2.12. The van der Waals surface area contributed by atoms with E-state index in [1.807, 2.05) is 11.5 Å². The van der Waals surface area contributed by atoms with Gasteiger partial charge in [0.15, 0.2) is 22.6 Å². The minimum absolute atomic E-state index is 0.144. The van der Waals surface area contributed by atoms with E-state index in [1.165, 1.54) is 16.1 Å². The molecule has 0 radical (unpaired) electrons. The number of fused-ring (bicyclic) bond motifs is 1. The lowest BCUT2D eigenvalue weighted by Gasteiger charge is -2.26. The van der Waals surface area contributed by atoms with Crippen molar-refractivity contribution in [2.24, 2.45) is 0 Å². The van der Waals surface area contributed by atoms with Gasteiger partial charge in [0.05, 0.1) is 29.1 Å². The SMILES string of the molecule is CCOCCCn1c(SCc2cc(F)c(F)c(F)c2)nc2cc(S(=O)(=O)N3CCOCC3)ccc21. The lowest BCUT2D eigenvalue weighted by atomic mass is 10.2. The molecule has 0 saturated carbocycles. The van der Waals surface area contributed by atoms with E-state index in [9.17, 15) is 21.6 Å². The summed E-state index contributed by atoms with van der Waals surface area (Å²) in [6, 6.07) is 6.74. The Morgan fingerprint density at radius 1 is 1.11 bits per heavy atom. The topological polar surface area (TPSA) is 73.7 Å². The van der Waals surface area contributed by atoms with Crippen LogP contribution in [0.3, 0.4) is 0 Å². The fourth-order valence-corrected chi connectivity index (χ4v) is 6.22. The van der Waals surface area contributed by atoms with E-state index in [1.54, 1.807) is 18.2 Å². The fourth-order valence-electron chi connectivity index (χ4n) is 3.82. The predicted octanol–water partition coefficient (Wildman–Crippen LogP) is 4.19. The molecule has 2 aromatic carbocycles. The maximum absolute atomic E-state index is 13.6. The lowest BCUT2D eigenvalue weighted by Crippen LogP contribution is -2.40. The monoisotopic (exact) mass is 529 g/mol. The molecule has 1 aromatic heterocycles. The van der Waals surface area contributed by atoms with Crippen LogP contribution in [-0.2, 0) is 31.8 Å². The molecule has 0 N–H and O–H groups in total. The van der Waals surface area contributed by atoms with Crippen LogP contribution >= 0.6 is 11.8 Å². The number of sulfonamides is 1. The van der Waals surface area contributed by atoms with Crippen LogP contribution in [0.4, 0.5) is 13.2 Å². The van der Waals surface area contributed by atoms with Gasteiger partial charge in [0.2, 0.25) is 10.0 Å². The van der Waals surface area contributed by atoms with Crippen molar-refractivity contribution < 1.29 is 31.1 Å². The summed E-state index contributed by atoms with van der Waals surface area (Å²) in [4.78, 5) is 4.77. The van der Waals surface area contributed by atoms with Crippen LogP contribution in [0.25, 0.3) is 11.0 Å². The number of thioether (sulfide) groups is 1. The minimum atomic E-state index is -3.69. The number of hydrogen-bond acceptors (Lipinski definition) is 6. The number of morpholine rings is 1. The quantitative estimate of drug-likeness (QED) is 0.223. The molecule has 1 aliphatic heterocycles. The van der Waals surface area contributed by atoms with E-state index in [0.29, 0.717) is 50.1 Å². The molecule has 35 heavy (non-hydrogen) atoms. The molecule has 7 nitrogen and oxygen atoms in total. The first kappa shape index (κ1) is 26.0. The molecule has 0 amide bonds. The number of hydrogen-bond donors (Lipinski definition) is 0. The average molecular weight is 530 g/mol. The zero-order chi connectivity index (χ0) is 25.0. The summed E-state index contributed by atoms with van der Waals surface area (Å²) >= 11 is 1.23. The number of benzene rings is 2. The molecule has 1 saturated heterocycles. The summed E-state index contributed by atoms with van der Waals surface area (Å²) in [7, 11) is -3.69. The molecule has 3 aromatic rings. The van der Waals surface area contributed by atoms with Crippen molar-refractivity contribution in [3.63, 3.8) is 0 Å². The van der Waals surface area contributed by atoms with Gasteiger partial charge in [-0.2, -0.15) is 4.31 Å². The maximum Gasteiger partial charge on any atom is 0.243 e. The molecule has 1 fully saturated rings. The number of imidazole rings is 1. The second kappa shape index (κ2) is 11.3. The molecule has 190 valence electrons. The number of nitrogens with zero attached hydrogens (tertiary/aromatic N) is 3. The predicted molar refractivity (Wildman–Crippen MR) is 126 cm³/mol. The third-order valence-corrected chi connectivity index (χ3v) is 8.52. The molecule has 4 rings (SSSR count). The largest absolute Gasteiger partial charge is 0.382 e. The van der Waals surface area contributed by atoms with Gasteiger partial charge in [-0.05, 0) is 49.2 Å². The van der Waals surface area contributed by atoms with Gasteiger partial charge in [0.25, 0.3) is 0 Å². The van der Waals surface area contributed by atoms with Gasteiger partial charge in [0, 0.05) is 38.6 Å². The smallest absolute Gasteiger partial charge is 0.243 e. The van der Waals surface area contributed by atoms with Crippen molar-refractivity contribution in [1.29, 1.82) is 0 Å². The Labute approximate surface area is 206 Å². The Bertz CT molecular complexity index is 1270. The van der Waals surface area contributed by atoms with E-state index in [4.69, 9.17) is 9.47 Å². The van der Waals surface area contributed by atoms with Crippen LogP contribution in [0.5, 0.6) is 0 Å². The molecule has 12 heteroatoms. The second-order valence-corrected chi connectivity index (χ2v) is 10.8. The van der Waals surface area contributed by atoms with Crippen LogP contribution in [0.2, 0.25) is 0 Å². The number of ether oxygens (including phenoxy) is 2. The van der Waals surface area contributed by atoms with Gasteiger partial charge in [-0.3, -0.25) is 0 Å². The normalized spacial score (nSPS) is 15.2. The van der Waals surface area contributed by atoms with Crippen molar-refractivity contribution >= 4 is 32.8 Å². The molecule has 0 spiro atoms. The molecule has 0 unspecified atom stereocenters. The molecule has 0 bridgehead atoms. The summed E-state index contributed by atoms with van der Waals surface area (Å²) in [5, 5.41) is 0.558. The minimum Gasteiger partial charge on any atom is -0.382 e. The highest BCUT2D eigenvalue weighted by Crippen LogP contribution is 2.30. The van der Waals surface area contributed by atoms with Gasteiger partial charge < -0.3 is 14.0 Å². The zero-order valence-electron chi connectivity index (χ0n) is 19.2. The summed E-state index contributed by atoms with van der Waals surface area (Å²) in [5.41, 5.74) is 1.51. The van der Waals surface area contributed by atoms with Gasteiger partial charge in [0.1, 0.15) is 0 Å². The van der Waals surface area contributed by atoms with Gasteiger partial charge >= 0.3 is 0 Å². The van der Waals surface area contributed by atoms with Crippen LogP contribution in [0.15, 0.2) is 40.4 Å². The number of halogens is 3. The Kier molecular flexibility index (Phi) is 8.38. The Morgan fingerprint density at radius 2 is 1.83 bits per heavy atom. The first-order valence-electron chi connectivity index (χ1n) is 11.2. The summed E-state index contributed by atoms with van der Waals surface area (Å²) < 4.78 is 80.7. The van der Waals surface area contributed by atoms with Crippen molar-refractivity contribution in [3.8, 4) is 0 Å². The third kappa shape index (κ3) is 5.83. The van der Waals surface area contributed by atoms with Crippen LogP contribution in [-0.4, -0.2) is 61.8 Å². The van der Waals surface area contributed by atoms with E-state index in [2.05, 4.69) is 4.98 Å². The number of aryl methyl sites for hydroxylation is 1. The Morgan fingerprint density at radius 3 is 2.51 bits per heavy atom. The van der Waals surface area contributed by atoms with Crippen molar-refractivity contribution in [2.45, 2.75) is 35.7 Å². The van der Waals surface area contributed by atoms with E-state index >= 15 is 0 Å². The van der Waals surface area contributed by atoms with Gasteiger partial charge in [-0.25, -0.2) is 26.6 Å². The Balaban J connectivity index is 1.64. The van der Waals surface area contributed by atoms with E-state index < -0.39 is 27.5 Å². The standard InChI is InChI=1S/C23H26F3N3O4S2/c1-2-32-9-3-6-29-21-5-4-17(35(30,31)28-7-10-33-11-8-28)14-20(21)27-23(29)34-15-16-12-18(24)22(26)19(25)13-16/h4-5,12-14H,2-3,6-11,15H2,1H3. The highest BCUT2D eigenvalue weighted by Gasteiger charge is 2.27. The molecule has 2 heterocycles. The average Bonchev–Trinajstić information content (AvgIpc) is 3.21. The van der Waals surface area contributed by atoms with Crippen LogP contribution in [0, 0.1) is 17.5 Å². The maximum atomic E-state index is 13.6. The van der Waals surface area contributed by atoms with Gasteiger partial charge in [-0.15, -0.1) is 0 Å². The summed E-state index contributed by atoms with van der Waals surface area (Å²) in [6.45, 7) is 4.87. The molecular weight excluding hydrogens is 503 g/mol. The second-order valence-electron chi connectivity index (χ2n) is 7.93. The summed E-state index contributed by atoms with van der Waals surface area (Å²) in [6.07, 6.45) is 0.695. The van der Waals surface area contributed by atoms with Crippen LogP contribution in [0.1, 0.15) is 18.9 Å². The highest BCUT2D eigenvalue weighted by molar-refractivity contribution is 7.98. The van der Waals surface area contributed by atoms with Crippen molar-refractivity contribution in [2.75, 3.05) is 39.5 Å².